The zero-order valence-electron chi connectivity index (χ0n) is 5.81. The number of nitrogen functional groups attached to an aromatic ring is 2. The molecule has 0 aliphatic rings. The molecular formula is C6H6I2N2O2. The molecular weight excluding hydrogens is 386 g/mol. The molecule has 1 aromatic rings. The number of hydrogen-bond donors (Lipinski definition) is 4. The predicted molar refractivity (Wildman–Crippen MR) is 64.0 cm³/mol. The summed E-state index contributed by atoms with van der Waals surface area (Å²) >= 11 is 3.64. The lowest BCUT2D eigenvalue weighted by molar-refractivity contribution is 0.459. The van der Waals surface area contributed by atoms with Crippen LogP contribution in [0.5, 0.6) is 11.5 Å². The maximum Gasteiger partial charge on any atom is 0.155 e. The fraction of sp³-hybridized carbons (Fsp3) is 0. The minimum Gasteiger partial charge on any atom is -0.505 e. The van der Waals surface area contributed by atoms with Gasteiger partial charge in [0.2, 0.25) is 0 Å². The van der Waals surface area contributed by atoms with E-state index in [-0.39, 0.29) is 22.9 Å². The van der Waals surface area contributed by atoms with Gasteiger partial charge in [0.25, 0.3) is 0 Å². The number of hydrogen-bond acceptors (Lipinski definition) is 4. The van der Waals surface area contributed by atoms with E-state index in [4.69, 9.17) is 11.5 Å². The van der Waals surface area contributed by atoms with Crippen molar-refractivity contribution in [1.29, 1.82) is 0 Å². The average molecular weight is 392 g/mol. The van der Waals surface area contributed by atoms with Gasteiger partial charge in [0.15, 0.2) is 11.5 Å². The van der Waals surface area contributed by atoms with Crippen molar-refractivity contribution in [2.75, 3.05) is 11.5 Å². The number of rotatable bonds is 0. The Hall–Kier alpha value is -0.120. The van der Waals surface area contributed by atoms with Gasteiger partial charge in [-0.1, -0.05) is 0 Å². The average Bonchev–Trinajstić information content (AvgIpc) is 2.08. The summed E-state index contributed by atoms with van der Waals surface area (Å²) in [7, 11) is 0. The van der Waals surface area contributed by atoms with E-state index in [1.54, 1.807) is 0 Å². The second-order valence-corrected chi connectivity index (χ2v) is 4.31. The number of aromatic hydroxyl groups is 2. The van der Waals surface area contributed by atoms with Gasteiger partial charge < -0.3 is 21.7 Å². The summed E-state index contributed by atoms with van der Waals surface area (Å²) in [5, 5.41) is 18.7. The van der Waals surface area contributed by atoms with Crippen LogP contribution in [0, 0.1) is 7.14 Å². The maximum absolute atomic E-state index is 9.36. The fourth-order valence-electron chi connectivity index (χ4n) is 0.699. The minimum atomic E-state index is -0.0738. The summed E-state index contributed by atoms with van der Waals surface area (Å²) < 4.78 is 0.756. The Morgan fingerprint density at radius 3 is 1.33 bits per heavy atom. The van der Waals surface area contributed by atoms with Crippen LogP contribution in [0.3, 0.4) is 0 Å². The molecule has 0 saturated heterocycles. The summed E-state index contributed by atoms with van der Waals surface area (Å²) in [5.41, 5.74) is 11.3. The second-order valence-electron chi connectivity index (χ2n) is 2.15. The highest BCUT2D eigenvalue weighted by Gasteiger charge is 2.16. The monoisotopic (exact) mass is 392 g/mol. The Bertz CT molecular complexity index is 236. The molecule has 0 amide bonds. The molecule has 1 aromatic carbocycles. The van der Waals surface area contributed by atoms with Crippen LogP contribution in [0.25, 0.3) is 0 Å². The van der Waals surface area contributed by atoms with Crippen LogP contribution in [-0.4, -0.2) is 10.2 Å². The van der Waals surface area contributed by atoms with E-state index >= 15 is 0 Å². The van der Waals surface area contributed by atoms with Gasteiger partial charge >= 0.3 is 0 Å². The Morgan fingerprint density at radius 2 is 1.08 bits per heavy atom. The molecule has 0 spiro atoms. The van der Waals surface area contributed by atoms with Gasteiger partial charge in [0.05, 0.1) is 18.5 Å². The van der Waals surface area contributed by atoms with Crippen molar-refractivity contribution in [3.63, 3.8) is 0 Å². The van der Waals surface area contributed by atoms with Gasteiger partial charge in [-0.3, -0.25) is 0 Å². The summed E-state index contributed by atoms with van der Waals surface area (Å²) in [6, 6.07) is 0. The smallest absolute Gasteiger partial charge is 0.155 e. The van der Waals surface area contributed by atoms with E-state index < -0.39 is 0 Å². The minimum absolute atomic E-state index is 0.0738. The summed E-state index contributed by atoms with van der Waals surface area (Å²) in [5.74, 6) is -0.148. The lowest BCUT2D eigenvalue weighted by atomic mass is 10.2. The molecule has 0 aliphatic heterocycles. The second kappa shape index (κ2) is 3.32. The zero-order chi connectivity index (χ0) is 9.46. The fourth-order valence-corrected chi connectivity index (χ4v) is 1.79. The molecule has 6 N–H and O–H groups in total. The highest BCUT2D eigenvalue weighted by atomic mass is 127. The summed E-state index contributed by atoms with van der Waals surface area (Å²) in [6.45, 7) is 0. The molecule has 0 fully saturated rings. The predicted octanol–water partition coefficient (Wildman–Crippen LogP) is 1.47. The van der Waals surface area contributed by atoms with Crippen LogP contribution < -0.4 is 11.5 Å². The third-order valence-corrected chi connectivity index (χ3v) is 3.58. The van der Waals surface area contributed by atoms with Gasteiger partial charge in [0, 0.05) is 0 Å². The van der Waals surface area contributed by atoms with Crippen LogP contribution in [-0.2, 0) is 0 Å². The molecule has 0 bridgehead atoms. The molecule has 0 aliphatic carbocycles. The largest absolute Gasteiger partial charge is 0.505 e. The highest BCUT2D eigenvalue weighted by molar-refractivity contribution is 14.1. The first-order valence-corrected chi connectivity index (χ1v) is 5.06. The highest BCUT2D eigenvalue weighted by Crippen LogP contribution is 2.42. The van der Waals surface area contributed by atoms with Gasteiger partial charge in [-0.2, -0.15) is 0 Å². The van der Waals surface area contributed by atoms with Gasteiger partial charge in [-0.25, -0.2) is 0 Å². The first-order chi connectivity index (χ1) is 5.46. The summed E-state index contributed by atoms with van der Waals surface area (Å²) in [4.78, 5) is 0. The van der Waals surface area contributed by atoms with E-state index in [0.717, 1.165) is 0 Å². The third kappa shape index (κ3) is 1.37. The van der Waals surface area contributed by atoms with Crippen molar-refractivity contribution in [1.82, 2.24) is 0 Å². The molecule has 66 valence electrons. The maximum atomic E-state index is 9.36. The van der Waals surface area contributed by atoms with Crippen LogP contribution in [0.15, 0.2) is 0 Å². The van der Waals surface area contributed by atoms with Gasteiger partial charge in [-0.15, -0.1) is 0 Å². The molecule has 4 nitrogen and oxygen atoms in total. The van der Waals surface area contributed by atoms with E-state index in [9.17, 15) is 10.2 Å². The van der Waals surface area contributed by atoms with Crippen molar-refractivity contribution in [3.8, 4) is 11.5 Å². The normalized spacial score (nSPS) is 10.2. The van der Waals surface area contributed by atoms with E-state index in [1.807, 2.05) is 45.2 Å². The number of phenolic OH excluding ortho intramolecular Hbond substituents is 2. The van der Waals surface area contributed by atoms with Crippen molar-refractivity contribution < 1.29 is 10.2 Å². The first-order valence-electron chi connectivity index (χ1n) is 2.90. The molecule has 0 saturated carbocycles. The molecule has 0 unspecified atom stereocenters. The van der Waals surface area contributed by atoms with Gasteiger partial charge in [0.1, 0.15) is 0 Å². The molecule has 12 heavy (non-hydrogen) atoms. The lowest BCUT2D eigenvalue weighted by Crippen LogP contribution is -1.98. The van der Waals surface area contributed by atoms with E-state index in [1.165, 1.54) is 0 Å². The lowest BCUT2D eigenvalue weighted by Gasteiger charge is -2.09. The molecule has 0 atom stereocenters. The van der Waals surface area contributed by atoms with Crippen molar-refractivity contribution >= 4 is 56.6 Å². The number of nitrogens with two attached hydrogens (primary N) is 2. The molecule has 1 rings (SSSR count). The topological polar surface area (TPSA) is 92.5 Å². The van der Waals surface area contributed by atoms with Crippen LogP contribution in [0.2, 0.25) is 0 Å². The third-order valence-electron chi connectivity index (χ3n) is 1.40. The zero-order valence-corrected chi connectivity index (χ0v) is 10.1. The molecule has 6 heteroatoms. The van der Waals surface area contributed by atoms with Crippen LogP contribution in [0.4, 0.5) is 11.4 Å². The standard InChI is InChI=1S/C6H6I2N2O2/c7-1-3(9)6(12)2(8)4(10)5(1)11/h11-12H,9-10H2. The Labute approximate surface area is 96.2 Å². The number of halogens is 2. The first kappa shape index (κ1) is 9.96. The van der Waals surface area contributed by atoms with Crippen molar-refractivity contribution in [3.05, 3.63) is 7.14 Å². The van der Waals surface area contributed by atoms with E-state index in [2.05, 4.69) is 0 Å². The summed E-state index contributed by atoms with van der Waals surface area (Å²) in [6.07, 6.45) is 0. The molecule has 0 heterocycles. The molecule has 0 radical (unpaired) electrons. The number of anilines is 2. The van der Waals surface area contributed by atoms with Crippen LogP contribution in [0.1, 0.15) is 0 Å². The quantitative estimate of drug-likeness (QED) is 0.233. The van der Waals surface area contributed by atoms with E-state index in [0.29, 0.717) is 7.14 Å². The number of benzene rings is 1. The Balaban J connectivity index is 3.60. The van der Waals surface area contributed by atoms with Crippen LogP contribution >= 0.6 is 45.2 Å². The van der Waals surface area contributed by atoms with Gasteiger partial charge in [-0.05, 0) is 45.2 Å². The van der Waals surface area contributed by atoms with Crippen molar-refractivity contribution in [2.45, 2.75) is 0 Å². The SMILES string of the molecule is Nc1c(O)c(I)c(N)c(O)c1I. The molecule has 0 aromatic heterocycles. The Kier molecular flexibility index (Phi) is 2.76. The Morgan fingerprint density at radius 1 is 0.833 bits per heavy atom. The number of phenols is 2. The van der Waals surface area contributed by atoms with Crippen molar-refractivity contribution in [2.24, 2.45) is 0 Å².